The van der Waals surface area contributed by atoms with Gasteiger partial charge in [-0.1, -0.05) is 54.2 Å². The standard InChI is InChI=1S/C34H32N4O9S/c1-23(39)48-34(21-35-32(40)46-19-24-9-13-28(14-10-24)37(42)43)18-30(17-27-7-4-6-26-5-2-3-8-31(26)27)36(22-34)33(41)47-20-25-11-15-29(16-12-25)38(44)45/h2-16,30H,17-22H2,1H3,(H,35,40)/t30-,34+/m1/s1. The van der Waals surface area contributed by atoms with Crippen molar-refractivity contribution in [3.63, 3.8) is 0 Å². The third-order valence-corrected chi connectivity index (χ3v) is 9.18. The Kier molecular flexibility index (Phi) is 10.5. The van der Waals surface area contributed by atoms with Gasteiger partial charge in [-0.25, -0.2) is 9.59 Å². The highest BCUT2D eigenvalue weighted by molar-refractivity contribution is 8.14. The van der Waals surface area contributed by atoms with Crippen LogP contribution in [0, 0.1) is 20.2 Å². The highest BCUT2D eigenvalue weighted by Gasteiger charge is 2.48. The van der Waals surface area contributed by atoms with Crippen LogP contribution in [0.4, 0.5) is 21.0 Å². The van der Waals surface area contributed by atoms with Gasteiger partial charge in [-0.2, -0.15) is 0 Å². The molecule has 0 spiro atoms. The second-order valence-electron chi connectivity index (χ2n) is 11.4. The Morgan fingerprint density at radius 1 is 0.854 bits per heavy atom. The lowest BCUT2D eigenvalue weighted by molar-refractivity contribution is -0.385. The van der Waals surface area contributed by atoms with Crippen molar-refractivity contribution in [1.82, 2.24) is 10.2 Å². The summed E-state index contributed by atoms with van der Waals surface area (Å²) in [5, 5.41) is 26.5. The van der Waals surface area contributed by atoms with Crippen molar-refractivity contribution < 1.29 is 33.7 Å². The van der Waals surface area contributed by atoms with Crippen LogP contribution in [-0.4, -0.2) is 55.9 Å². The SMILES string of the molecule is CC(=O)S[C@]1(CNC(=O)OCc2ccc([N+](=O)[O-])cc2)C[C@@H](Cc2cccc3ccccc23)N(C(=O)OCc2ccc([N+](=O)[O-])cc2)C1. The van der Waals surface area contributed by atoms with Crippen LogP contribution < -0.4 is 5.32 Å². The lowest BCUT2D eigenvalue weighted by Gasteiger charge is -2.27. The van der Waals surface area contributed by atoms with Gasteiger partial charge in [-0.3, -0.25) is 25.0 Å². The van der Waals surface area contributed by atoms with E-state index >= 15 is 0 Å². The maximum Gasteiger partial charge on any atom is 0.410 e. The molecule has 0 bridgehead atoms. The fraction of sp³-hybridized carbons (Fsp3) is 0.265. The first-order chi connectivity index (χ1) is 23.0. The molecule has 2 atom stereocenters. The monoisotopic (exact) mass is 672 g/mol. The van der Waals surface area contributed by atoms with E-state index in [0.717, 1.165) is 28.1 Å². The van der Waals surface area contributed by atoms with Crippen LogP contribution in [0.1, 0.15) is 30.0 Å². The van der Waals surface area contributed by atoms with Crippen molar-refractivity contribution in [1.29, 1.82) is 0 Å². The Hall–Kier alpha value is -5.50. The van der Waals surface area contributed by atoms with Gasteiger partial charge >= 0.3 is 12.2 Å². The van der Waals surface area contributed by atoms with Crippen LogP contribution in [0.15, 0.2) is 91.0 Å². The molecule has 1 aliphatic heterocycles. The van der Waals surface area contributed by atoms with Crippen LogP contribution in [0.2, 0.25) is 0 Å². The third kappa shape index (κ3) is 8.45. The number of alkyl carbamates (subject to hydrolysis) is 1. The number of amides is 2. The molecular formula is C34H32N4O9S. The Morgan fingerprint density at radius 2 is 1.44 bits per heavy atom. The lowest BCUT2D eigenvalue weighted by atomic mass is 9.95. The molecule has 0 unspecified atom stereocenters. The summed E-state index contributed by atoms with van der Waals surface area (Å²) in [7, 11) is 0. The summed E-state index contributed by atoms with van der Waals surface area (Å²) in [6, 6.07) is 24.8. The maximum absolute atomic E-state index is 13.6. The molecular weight excluding hydrogens is 640 g/mol. The Balaban J connectivity index is 1.33. The van der Waals surface area contributed by atoms with E-state index in [2.05, 4.69) is 5.32 Å². The number of fused-ring (bicyclic) bond motifs is 1. The highest BCUT2D eigenvalue weighted by Crippen LogP contribution is 2.41. The average molecular weight is 673 g/mol. The van der Waals surface area contributed by atoms with E-state index in [1.54, 1.807) is 4.90 Å². The fourth-order valence-electron chi connectivity index (χ4n) is 5.80. The zero-order valence-corrected chi connectivity index (χ0v) is 26.7. The van der Waals surface area contributed by atoms with Crippen LogP contribution in [0.5, 0.6) is 0 Å². The van der Waals surface area contributed by atoms with Crippen LogP contribution in [0.3, 0.4) is 0 Å². The number of nitro benzene ring substituents is 2. The summed E-state index contributed by atoms with van der Waals surface area (Å²) >= 11 is 1.04. The first-order valence-corrected chi connectivity index (χ1v) is 15.8. The first-order valence-electron chi connectivity index (χ1n) is 15.0. The summed E-state index contributed by atoms with van der Waals surface area (Å²) in [5.74, 6) is 0. The van der Waals surface area contributed by atoms with Gasteiger partial charge in [0.05, 0.1) is 14.6 Å². The van der Waals surface area contributed by atoms with E-state index in [9.17, 15) is 34.6 Å². The number of nitrogens with one attached hydrogen (secondary N) is 1. The smallest absolute Gasteiger partial charge is 0.410 e. The van der Waals surface area contributed by atoms with E-state index in [1.165, 1.54) is 55.5 Å². The number of benzene rings is 4. The molecule has 14 heteroatoms. The molecule has 1 saturated heterocycles. The molecule has 1 fully saturated rings. The number of non-ortho nitro benzene ring substituents is 2. The minimum atomic E-state index is -0.903. The van der Waals surface area contributed by atoms with Crippen LogP contribution in [-0.2, 0) is 33.9 Å². The largest absolute Gasteiger partial charge is 0.445 e. The molecule has 0 saturated carbocycles. The number of carbonyl (C=O) groups is 3. The number of hydrogen-bond donors (Lipinski definition) is 1. The lowest BCUT2D eigenvalue weighted by Crippen LogP contribution is -2.44. The van der Waals surface area contributed by atoms with Crippen molar-refractivity contribution >= 4 is 51.2 Å². The predicted molar refractivity (Wildman–Crippen MR) is 178 cm³/mol. The minimum absolute atomic E-state index is 0.00844. The molecule has 1 aliphatic rings. The van der Waals surface area contributed by atoms with E-state index in [0.29, 0.717) is 24.0 Å². The molecule has 0 aliphatic carbocycles. The summed E-state index contributed by atoms with van der Waals surface area (Å²) in [4.78, 5) is 61.4. The Labute approximate surface area is 279 Å². The second kappa shape index (κ2) is 14.9. The zero-order chi connectivity index (χ0) is 34.3. The maximum atomic E-state index is 13.6. The molecule has 248 valence electrons. The predicted octanol–water partition coefficient (Wildman–Crippen LogP) is 6.55. The first kappa shape index (κ1) is 33.9. The molecule has 4 aromatic carbocycles. The van der Waals surface area contributed by atoms with Crippen molar-refractivity contribution in [3.05, 3.63) is 128 Å². The quantitative estimate of drug-likeness (QED) is 0.136. The molecule has 4 aromatic rings. The summed E-state index contributed by atoms with van der Waals surface area (Å²) < 4.78 is 10.1. The van der Waals surface area contributed by atoms with E-state index in [4.69, 9.17) is 9.47 Å². The van der Waals surface area contributed by atoms with E-state index < -0.39 is 32.8 Å². The Morgan fingerprint density at radius 3 is 2.04 bits per heavy atom. The van der Waals surface area contributed by atoms with Gasteiger partial charge < -0.3 is 19.7 Å². The second-order valence-corrected chi connectivity index (χ2v) is 13.1. The van der Waals surface area contributed by atoms with Gasteiger partial charge in [0.15, 0.2) is 5.12 Å². The molecule has 13 nitrogen and oxygen atoms in total. The number of likely N-dealkylation sites (tertiary alicyclic amines) is 1. The van der Waals surface area contributed by atoms with Gasteiger partial charge in [0.25, 0.3) is 11.4 Å². The molecule has 0 radical (unpaired) electrons. The van der Waals surface area contributed by atoms with Gasteiger partial charge in [-0.05, 0) is 64.6 Å². The minimum Gasteiger partial charge on any atom is -0.445 e. The molecule has 5 rings (SSSR count). The van der Waals surface area contributed by atoms with Crippen molar-refractivity contribution in [2.45, 2.75) is 43.8 Å². The van der Waals surface area contributed by atoms with E-state index in [-0.39, 0.29) is 42.8 Å². The molecule has 1 N–H and O–H groups in total. The topological polar surface area (TPSA) is 171 Å². The highest BCUT2D eigenvalue weighted by atomic mass is 32.2. The number of rotatable bonds is 11. The molecule has 48 heavy (non-hydrogen) atoms. The van der Waals surface area contributed by atoms with Gasteiger partial charge in [0.1, 0.15) is 13.2 Å². The van der Waals surface area contributed by atoms with Gasteiger partial charge in [0, 0.05) is 50.3 Å². The van der Waals surface area contributed by atoms with Gasteiger partial charge in [-0.15, -0.1) is 0 Å². The van der Waals surface area contributed by atoms with Crippen molar-refractivity contribution in [3.8, 4) is 0 Å². The van der Waals surface area contributed by atoms with Crippen LogP contribution >= 0.6 is 11.8 Å². The molecule has 2 amide bonds. The third-order valence-electron chi connectivity index (χ3n) is 8.02. The van der Waals surface area contributed by atoms with Crippen molar-refractivity contribution in [2.24, 2.45) is 0 Å². The molecule has 0 aromatic heterocycles. The Bertz CT molecular complexity index is 1830. The number of ether oxygens (including phenoxy) is 2. The zero-order valence-electron chi connectivity index (χ0n) is 25.9. The average Bonchev–Trinajstić information content (AvgIpc) is 3.43. The number of carbonyl (C=O) groups excluding carboxylic acids is 3. The fourth-order valence-corrected chi connectivity index (χ4v) is 7.03. The molecule has 1 heterocycles. The van der Waals surface area contributed by atoms with Gasteiger partial charge in [0.2, 0.25) is 0 Å². The van der Waals surface area contributed by atoms with E-state index in [1.807, 2.05) is 42.5 Å². The number of thioether (sulfide) groups is 1. The number of hydrogen-bond acceptors (Lipinski definition) is 10. The normalized spacial score (nSPS) is 17.1. The van der Waals surface area contributed by atoms with Crippen molar-refractivity contribution in [2.75, 3.05) is 13.1 Å². The number of nitrogens with zero attached hydrogens (tertiary/aromatic N) is 3. The summed E-state index contributed by atoms with van der Waals surface area (Å²) in [5.41, 5.74) is 1.97. The summed E-state index contributed by atoms with van der Waals surface area (Å²) in [6.07, 6.45) is -0.554. The summed E-state index contributed by atoms with van der Waals surface area (Å²) in [6.45, 7) is 1.29. The number of nitro groups is 2. The van der Waals surface area contributed by atoms with Crippen LogP contribution in [0.25, 0.3) is 10.8 Å².